The van der Waals surface area contributed by atoms with Gasteiger partial charge in [0.25, 0.3) is 0 Å². The molecule has 3 rings (SSSR count). The van der Waals surface area contributed by atoms with Crippen LogP contribution in [0.25, 0.3) is 5.57 Å². The average molecular weight is 309 g/mol. The summed E-state index contributed by atoms with van der Waals surface area (Å²) in [4.78, 5) is 16.8. The smallest absolute Gasteiger partial charge is 0.131 e. The van der Waals surface area contributed by atoms with Gasteiger partial charge in [0.05, 0.1) is 18.0 Å². The predicted molar refractivity (Wildman–Crippen MR) is 89.1 cm³/mol. The highest BCUT2D eigenvalue weighted by Crippen LogP contribution is 2.28. The van der Waals surface area contributed by atoms with Crippen molar-refractivity contribution in [3.05, 3.63) is 64.6 Å². The predicted octanol–water partition coefficient (Wildman–Crippen LogP) is 2.28. The number of benzene rings is 1. The summed E-state index contributed by atoms with van der Waals surface area (Å²) in [5, 5.41) is 0. The third-order valence-electron chi connectivity index (χ3n) is 3.66. The summed E-state index contributed by atoms with van der Waals surface area (Å²) < 4.78 is 14.4. The van der Waals surface area contributed by atoms with Gasteiger partial charge < -0.3 is 5.73 Å². The maximum Gasteiger partial charge on any atom is 0.131 e. The van der Waals surface area contributed by atoms with Crippen LogP contribution in [0.3, 0.4) is 0 Å². The number of rotatable bonds is 3. The van der Waals surface area contributed by atoms with E-state index in [9.17, 15) is 4.39 Å². The van der Waals surface area contributed by atoms with Crippen molar-refractivity contribution in [2.75, 3.05) is 7.05 Å². The quantitative estimate of drug-likeness (QED) is 0.884. The van der Waals surface area contributed by atoms with Crippen LogP contribution in [0.2, 0.25) is 0 Å². The SMILES string of the molecule is CN=CC(=CN)c1cc2c(cc1F)CN=C2c1cc(C)ncn1. The van der Waals surface area contributed by atoms with Gasteiger partial charge >= 0.3 is 0 Å². The molecule has 0 bridgehead atoms. The number of aromatic nitrogens is 2. The molecule has 0 amide bonds. The van der Waals surface area contributed by atoms with E-state index in [0.717, 1.165) is 28.2 Å². The average Bonchev–Trinajstić information content (AvgIpc) is 2.94. The Kier molecular flexibility index (Phi) is 3.97. The van der Waals surface area contributed by atoms with Gasteiger partial charge in [0, 0.05) is 41.9 Å². The van der Waals surface area contributed by atoms with Crippen molar-refractivity contribution in [2.24, 2.45) is 15.7 Å². The molecule has 1 aromatic heterocycles. The molecule has 1 aromatic carbocycles. The largest absolute Gasteiger partial charge is 0.404 e. The third kappa shape index (κ3) is 2.75. The molecular formula is C17H16FN5. The van der Waals surface area contributed by atoms with Crippen LogP contribution in [0.1, 0.15) is 28.1 Å². The Hall–Kier alpha value is -2.89. The van der Waals surface area contributed by atoms with Crippen LogP contribution in [0.4, 0.5) is 4.39 Å². The molecule has 6 heteroatoms. The summed E-state index contributed by atoms with van der Waals surface area (Å²) in [6.45, 7) is 2.33. The van der Waals surface area contributed by atoms with Gasteiger partial charge in [0.2, 0.25) is 0 Å². The van der Waals surface area contributed by atoms with Crippen molar-refractivity contribution in [2.45, 2.75) is 13.5 Å². The van der Waals surface area contributed by atoms with E-state index in [-0.39, 0.29) is 5.82 Å². The molecule has 23 heavy (non-hydrogen) atoms. The van der Waals surface area contributed by atoms with Crippen LogP contribution < -0.4 is 5.73 Å². The van der Waals surface area contributed by atoms with Crippen LogP contribution >= 0.6 is 0 Å². The lowest BCUT2D eigenvalue weighted by Gasteiger charge is -2.09. The lowest BCUT2D eigenvalue weighted by atomic mass is 9.97. The second kappa shape index (κ2) is 6.08. The maximum atomic E-state index is 14.4. The van der Waals surface area contributed by atoms with Gasteiger partial charge in [-0.3, -0.25) is 9.98 Å². The Labute approximate surface area is 133 Å². The zero-order valence-electron chi connectivity index (χ0n) is 12.9. The molecule has 0 atom stereocenters. The number of halogens is 1. The number of allylic oxidation sites excluding steroid dienone is 1. The highest BCUT2D eigenvalue weighted by Gasteiger charge is 2.22. The van der Waals surface area contributed by atoms with E-state index in [0.29, 0.717) is 17.7 Å². The molecule has 2 N–H and O–H groups in total. The van der Waals surface area contributed by atoms with Crippen LogP contribution in [0.15, 0.2) is 40.7 Å². The van der Waals surface area contributed by atoms with Gasteiger partial charge in [-0.15, -0.1) is 0 Å². The molecule has 1 aliphatic heterocycles. The number of hydrogen-bond acceptors (Lipinski definition) is 5. The van der Waals surface area contributed by atoms with E-state index in [2.05, 4.69) is 20.0 Å². The van der Waals surface area contributed by atoms with Crippen LogP contribution in [-0.2, 0) is 6.54 Å². The van der Waals surface area contributed by atoms with E-state index in [1.165, 1.54) is 24.8 Å². The zero-order valence-corrected chi connectivity index (χ0v) is 12.9. The fourth-order valence-corrected chi connectivity index (χ4v) is 2.58. The number of nitrogens with zero attached hydrogens (tertiary/aromatic N) is 4. The van der Waals surface area contributed by atoms with E-state index in [1.54, 1.807) is 13.1 Å². The molecule has 0 radical (unpaired) electrons. The number of hydrogen-bond donors (Lipinski definition) is 1. The Morgan fingerprint density at radius 2 is 2.13 bits per heavy atom. The van der Waals surface area contributed by atoms with E-state index in [1.807, 2.05) is 13.0 Å². The second-order valence-electron chi connectivity index (χ2n) is 5.21. The molecule has 2 heterocycles. The summed E-state index contributed by atoms with van der Waals surface area (Å²) in [6, 6.07) is 5.13. The molecule has 1 aliphatic rings. The molecule has 0 unspecified atom stereocenters. The lowest BCUT2D eigenvalue weighted by Crippen LogP contribution is -2.07. The minimum atomic E-state index is -0.337. The molecule has 0 spiro atoms. The summed E-state index contributed by atoms with van der Waals surface area (Å²) in [7, 11) is 1.62. The summed E-state index contributed by atoms with van der Waals surface area (Å²) >= 11 is 0. The Morgan fingerprint density at radius 3 is 2.83 bits per heavy atom. The highest BCUT2D eigenvalue weighted by molar-refractivity contribution is 6.16. The Morgan fingerprint density at radius 1 is 1.30 bits per heavy atom. The first kappa shape index (κ1) is 15.0. The van der Waals surface area contributed by atoms with Gasteiger partial charge in [-0.1, -0.05) is 0 Å². The van der Waals surface area contributed by atoms with E-state index in [4.69, 9.17) is 5.73 Å². The normalized spacial score (nSPS) is 14.2. The first-order chi connectivity index (χ1) is 11.1. The summed E-state index contributed by atoms with van der Waals surface area (Å²) in [5.41, 5.74) is 10.6. The Balaban J connectivity index is 2.12. The van der Waals surface area contributed by atoms with Gasteiger partial charge in [-0.2, -0.15) is 0 Å². The first-order valence-electron chi connectivity index (χ1n) is 7.14. The molecule has 0 saturated heterocycles. The molecular weight excluding hydrogens is 293 g/mol. The van der Waals surface area contributed by atoms with Crippen molar-refractivity contribution in [1.29, 1.82) is 0 Å². The lowest BCUT2D eigenvalue weighted by molar-refractivity contribution is 0.622. The van der Waals surface area contributed by atoms with E-state index >= 15 is 0 Å². The zero-order chi connectivity index (χ0) is 16.4. The molecule has 0 saturated carbocycles. The van der Waals surface area contributed by atoms with Gasteiger partial charge in [0.1, 0.15) is 12.1 Å². The number of aryl methyl sites for hydroxylation is 1. The monoisotopic (exact) mass is 309 g/mol. The summed E-state index contributed by atoms with van der Waals surface area (Å²) in [6.07, 6.45) is 4.38. The fourth-order valence-electron chi connectivity index (χ4n) is 2.58. The van der Waals surface area contributed by atoms with Gasteiger partial charge in [0.15, 0.2) is 0 Å². The van der Waals surface area contributed by atoms with Crippen LogP contribution in [0, 0.1) is 12.7 Å². The fraction of sp³-hybridized carbons (Fsp3) is 0.176. The van der Waals surface area contributed by atoms with Crippen molar-refractivity contribution >= 4 is 17.5 Å². The standard InChI is InChI=1S/C17H16FN5/c1-10-3-16(23-9-22-10)17-14-5-13(12(6-19)7-20-2)15(18)4-11(14)8-21-17/h3-7,9H,8,19H2,1-2H3. The minimum absolute atomic E-state index is 0.337. The van der Waals surface area contributed by atoms with E-state index < -0.39 is 0 Å². The van der Waals surface area contributed by atoms with Crippen LogP contribution in [0.5, 0.6) is 0 Å². The summed E-state index contributed by atoms with van der Waals surface area (Å²) in [5.74, 6) is -0.337. The number of nitrogens with two attached hydrogens (primary N) is 1. The van der Waals surface area contributed by atoms with Gasteiger partial charge in [-0.05, 0) is 30.7 Å². The molecule has 0 aliphatic carbocycles. The van der Waals surface area contributed by atoms with Crippen molar-refractivity contribution < 1.29 is 4.39 Å². The third-order valence-corrected chi connectivity index (χ3v) is 3.66. The van der Waals surface area contributed by atoms with Gasteiger partial charge in [-0.25, -0.2) is 14.4 Å². The number of aliphatic imine (C=N–C) groups is 2. The topological polar surface area (TPSA) is 76.5 Å². The van der Waals surface area contributed by atoms with Crippen molar-refractivity contribution in [3.8, 4) is 0 Å². The second-order valence-corrected chi connectivity index (χ2v) is 5.21. The van der Waals surface area contributed by atoms with Crippen molar-refractivity contribution in [3.63, 3.8) is 0 Å². The molecule has 5 nitrogen and oxygen atoms in total. The highest BCUT2D eigenvalue weighted by atomic mass is 19.1. The minimum Gasteiger partial charge on any atom is -0.404 e. The van der Waals surface area contributed by atoms with Crippen molar-refractivity contribution in [1.82, 2.24) is 9.97 Å². The number of fused-ring (bicyclic) bond motifs is 1. The maximum absolute atomic E-state index is 14.4. The molecule has 0 fully saturated rings. The molecule has 116 valence electrons. The molecule has 2 aromatic rings. The first-order valence-corrected chi connectivity index (χ1v) is 7.14. The Bertz CT molecular complexity index is 852. The van der Waals surface area contributed by atoms with Crippen LogP contribution in [-0.4, -0.2) is 28.9 Å².